The second kappa shape index (κ2) is 5.21. The van der Waals surface area contributed by atoms with Gasteiger partial charge in [0, 0.05) is 11.3 Å². The highest BCUT2D eigenvalue weighted by molar-refractivity contribution is 7.99. The minimum Gasteiger partial charge on any atom is -0.480 e. The number of hydrogen-bond acceptors (Lipinski definition) is 3. The third kappa shape index (κ3) is 2.75. The number of carbonyl (C=O) groups is 2. The van der Waals surface area contributed by atoms with E-state index in [2.05, 4.69) is 0 Å². The van der Waals surface area contributed by atoms with Gasteiger partial charge in [0.05, 0.1) is 5.88 Å². The van der Waals surface area contributed by atoms with Crippen LogP contribution in [0.4, 0.5) is 0 Å². The number of amides is 1. The molecule has 1 amide bonds. The van der Waals surface area contributed by atoms with Crippen molar-refractivity contribution in [3.8, 4) is 0 Å². The Morgan fingerprint density at radius 1 is 1.60 bits per heavy atom. The maximum atomic E-state index is 11.8. The summed E-state index contributed by atoms with van der Waals surface area (Å²) in [6, 6.07) is -0.664. The Morgan fingerprint density at radius 2 is 2.27 bits per heavy atom. The van der Waals surface area contributed by atoms with Gasteiger partial charge in [0.2, 0.25) is 0 Å². The third-order valence-corrected chi connectivity index (χ3v) is 3.29. The number of allylic oxidation sites excluding steroid dienone is 1. The van der Waals surface area contributed by atoms with Gasteiger partial charge in [0.1, 0.15) is 6.04 Å². The van der Waals surface area contributed by atoms with Gasteiger partial charge in [-0.05, 0) is 13.3 Å². The van der Waals surface area contributed by atoms with Crippen LogP contribution in [0.3, 0.4) is 0 Å². The molecule has 84 valence electrons. The topological polar surface area (TPSA) is 57.6 Å². The summed E-state index contributed by atoms with van der Waals surface area (Å²) in [5, 5.41) is 8.92. The van der Waals surface area contributed by atoms with Crippen LogP contribution in [-0.2, 0) is 9.59 Å². The number of thioether (sulfide) groups is 1. The summed E-state index contributed by atoms with van der Waals surface area (Å²) in [5.41, 5.74) is 0.631. The SMILES string of the molecule is CCC=C(C)C(=O)N1CSCC1C(=O)O. The summed E-state index contributed by atoms with van der Waals surface area (Å²) >= 11 is 1.48. The molecule has 1 atom stereocenters. The first kappa shape index (κ1) is 12.1. The molecule has 1 aliphatic rings. The molecule has 4 nitrogen and oxygen atoms in total. The van der Waals surface area contributed by atoms with Crippen LogP contribution >= 0.6 is 11.8 Å². The predicted octanol–water partition coefficient (Wildman–Crippen LogP) is 1.33. The van der Waals surface area contributed by atoms with E-state index in [1.54, 1.807) is 6.92 Å². The number of aliphatic carboxylic acids is 1. The van der Waals surface area contributed by atoms with Crippen molar-refractivity contribution in [3.05, 3.63) is 11.6 Å². The monoisotopic (exact) mass is 229 g/mol. The molecule has 0 aromatic heterocycles. The van der Waals surface area contributed by atoms with E-state index in [4.69, 9.17) is 5.11 Å². The molecule has 0 aliphatic carbocycles. The van der Waals surface area contributed by atoms with E-state index >= 15 is 0 Å². The average Bonchev–Trinajstić information content (AvgIpc) is 2.65. The second-order valence-electron chi connectivity index (χ2n) is 3.42. The molecular formula is C10H15NO3S. The molecule has 0 radical (unpaired) electrons. The van der Waals surface area contributed by atoms with Gasteiger partial charge in [-0.1, -0.05) is 13.0 Å². The van der Waals surface area contributed by atoms with Crippen LogP contribution in [0, 0.1) is 0 Å². The standard InChI is InChI=1S/C10H15NO3S/c1-3-4-7(2)9(12)11-6-15-5-8(11)10(13)14/h4,8H,3,5-6H2,1-2H3,(H,13,14). The lowest BCUT2D eigenvalue weighted by Crippen LogP contribution is -2.42. The molecular weight excluding hydrogens is 214 g/mol. The van der Waals surface area contributed by atoms with Crippen LogP contribution < -0.4 is 0 Å². The minimum absolute atomic E-state index is 0.158. The van der Waals surface area contributed by atoms with Crippen LogP contribution in [0.5, 0.6) is 0 Å². The molecule has 1 saturated heterocycles. The van der Waals surface area contributed by atoms with Crippen molar-refractivity contribution in [1.29, 1.82) is 0 Å². The van der Waals surface area contributed by atoms with Gasteiger partial charge in [-0.25, -0.2) is 4.79 Å². The number of carboxylic acid groups (broad SMARTS) is 1. The van der Waals surface area contributed by atoms with Crippen molar-refractivity contribution in [2.24, 2.45) is 0 Å². The van der Waals surface area contributed by atoms with E-state index < -0.39 is 12.0 Å². The quantitative estimate of drug-likeness (QED) is 0.742. The first-order valence-electron chi connectivity index (χ1n) is 4.86. The molecule has 1 heterocycles. The molecule has 1 N–H and O–H groups in total. The first-order chi connectivity index (χ1) is 7.07. The molecule has 0 spiro atoms. The van der Waals surface area contributed by atoms with Crippen LogP contribution in [0.25, 0.3) is 0 Å². The zero-order valence-corrected chi connectivity index (χ0v) is 9.71. The Kier molecular flexibility index (Phi) is 4.20. The highest BCUT2D eigenvalue weighted by Gasteiger charge is 2.34. The van der Waals surface area contributed by atoms with E-state index in [0.717, 1.165) is 6.42 Å². The molecule has 5 heteroatoms. The van der Waals surface area contributed by atoms with E-state index in [1.165, 1.54) is 16.7 Å². The maximum absolute atomic E-state index is 11.8. The average molecular weight is 229 g/mol. The fourth-order valence-electron chi connectivity index (χ4n) is 1.47. The lowest BCUT2D eigenvalue weighted by molar-refractivity contribution is -0.146. The fraction of sp³-hybridized carbons (Fsp3) is 0.600. The van der Waals surface area contributed by atoms with E-state index in [0.29, 0.717) is 17.2 Å². The zero-order chi connectivity index (χ0) is 11.4. The molecule has 1 rings (SSSR count). The van der Waals surface area contributed by atoms with Crippen molar-refractivity contribution >= 4 is 23.6 Å². The largest absolute Gasteiger partial charge is 0.480 e. The molecule has 0 aromatic carbocycles. The van der Waals surface area contributed by atoms with Crippen molar-refractivity contribution in [1.82, 2.24) is 4.90 Å². The molecule has 0 saturated carbocycles. The Balaban J connectivity index is 2.75. The fourth-order valence-corrected chi connectivity index (χ4v) is 2.61. The van der Waals surface area contributed by atoms with E-state index in [1.807, 2.05) is 13.0 Å². The normalized spacial score (nSPS) is 21.9. The van der Waals surface area contributed by atoms with Gasteiger partial charge >= 0.3 is 5.97 Å². The lowest BCUT2D eigenvalue weighted by Gasteiger charge is -2.20. The molecule has 1 fully saturated rings. The molecule has 1 unspecified atom stereocenters. The van der Waals surface area contributed by atoms with E-state index in [9.17, 15) is 9.59 Å². The highest BCUT2D eigenvalue weighted by Crippen LogP contribution is 2.22. The van der Waals surface area contributed by atoms with Crippen LogP contribution in [0.15, 0.2) is 11.6 Å². The van der Waals surface area contributed by atoms with Gasteiger partial charge < -0.3 is 10.0 Å². The minimum atomic E-state index is -0.919. The molecule has 0 bridgehead atoms. The summed E-state index contributed by atoms with van der Waals surface area (Å²) in [6.45, 7) is 3.68. The summed E-state index contributed by atoms with van der Waals surface area (Å²) in [5.74, 6) is -0.113. The first-order valence-corrected chi connectivity index (χ1v) is 6.01. The maximum Gasteiger partial charge on any atom is 0.327 e. The Morgan fingerprint density at radius 3 is 2.80 bits per heavy atom. The predicted molar refractivity (Wildman–Crippen MR) is 59.6 cm³/mol. The third-order valence-electron chi connectivity index (χ3n) is 2.28. The van der Waals surface area contributed by atoms with Crippen molar-refractivity contribution < 1.29 is 14.7 Å². The zero-order valence-electron chi connectivity index (χ0n) is 8.90. The Hall–Kier alpha value is -0.970. The van der Waals surface area contributed by atoms with Crippen LogP contribution in [0.1, 0.15) is 20.3 Å². The Bertz CT molecular complexity index is 301. The van der Waals surface area contributed by atoms with Gasteiger partial charge in [-0.15, -0.1) is 11.8 Å². The summed E-state index contributed by atoms with van der Waals surface area (Å²) in [7, 11) is 0. The number of rotatable bonds is 3. The van der Waals surface area contributed by atoms with Crippen molar-refractivity contribution in [3.63, 3.8) is 0 Å². The van der Waals surface area contributed by atoms with Crippen LogP contribution in [0.2, 0.25) is 0 Å². The van der Waals surface area contributed by atoms with E-state index in [-0.39, 0.29) is 5.91 Å². The highest BCUT2D eigenvalue weighted by atomic mass is 32.2. The van der Waals surface area contributed by atoms with Gasteiger partial charge in [-0.2, -0.15) is 0 Å². The van der Waals surface area contributed by atoms with Gasteiger partial charge in [0.15, 0.2) is 0 Å². The summed E-state index contributed by atoms with van der Waals surface area (Å²) in [4.78, 5) is 24.1. The number of nitrogens with zero attached hydrogens (tertiary/aromatic N) is 1. The summed E-state index contributed by atoms with van der Waals surface area (Å²) < 4.78 is 0. The van der Waals surface area contributed by atoms with Crippen LogP contribution in [-0.4, -0.2) is 39.6 Å². The van der Waals surface area contributed by atoms with Gasteiger partial charge in [-0.3, -0.25) is 4.79 Å². The smallest absolute Gasteiger partial charge is 0.327 e. The Labute approximate surface area is 93.3 Å². The van der Waals surface area contributed by atoms with Gasteiger partial charge in [0.25, 0.3) is 5.91 Å². The second-order valence-corrected chi connectivity index (χ2v) is 4.42. The number of carbonyl (C=O) groups excluding carboxylic acids is 1. The number of carboxylic acids is 1. The lowest BCUT2D eigenvalue weighted by atomic mass is 10.2. The molecule has 0 aromatic rings. The number of hydrogen-bond donors (Lipinski definition) is 1. The van der Waals surface area contributed by atoms with Crippen molar-refractivity contribution in [2.45, 2.75) is 26.3 Å². The van der Waals surface area contributed by atoms with Crippen molar-refractivity contribution in [2.75, 3.05) is 11.6 Å². The molecule has 1 aliphatic heterocycles. The summed E-state index contributed by atoms with van der Waals surface area (Å²) in [6.07, 6.45) is 2.61. The molecule has 15 heavy (non-hydrogen) atoms.